The molecule has 0 N–H and O–H groups in total. The van der Waals surface area contributed by atoms with E-state index in [1.807, 2.05) is 0 Å². The lowest BCUT2D eigenvalue weighted by Gasteiger charge is -2.19. The number of unbranched alkanes of at least 4 members (excludes halogenated alkanes) is 5. The van der Waals surface area contributed by atoms with Gasteiger partial charge in [-0.2, -0.15) is 0 Å². The van der Waals surface area contributed by atoms with Gasteiger partial charge in [-0.1, -0.05) is 58.3 Å². The zero-order valence-corrected chi connectivity index (χ0v) is 11.4. The van der Waals surface area contributed by atoms with Crippen molar-refractivity contribution < 1.29 is 9.53 Å². The normalized spacial score (nSPS) is 17.0. The summed E-state index contributed by atoms with van der Waals surface area (Å²) in [4.78, 5) is 11.7. The molecule has 0 aromatic carbocycles. The first-order valence-corrected chi connectivity index (χ1v) is 7.51. The predicted molar refractivity (Wildman–Crippen MR) is 70.9 cm³/mol. The Hall–Kier alpha value is -0.530. The number of rotatable bonds is 8. The van der Waals surface area contributed by atoms with E-state index in [9.17, 15) is 4.79 Å². The molecule has 0 radical (unpaired) electrons. The molecule has 100 valence electrons. The van der Waals surface area contributed by atoms with Gasteiger partial charge in [0, 0.05) is 0 Å². The van der Waals surface area contributed by atoms with Crippen LogP contribution < -0.4 is 0 Å². The zero-order valence-electron chi connectivity index (χ0n) is 11.4. The van der Waals surface area contributed by atoms with E-state index >= 15 is 0 Å². The fourth-order valence-electron chi connectivity index (χ4n) is 2.51. The van der Waals surface area contributed by atoms with Crippen LogP contribution in [-0.2, 0) is 9.53 Å². The average molecular weight is 240 g/mol. The number of esters is 1. The third kappa shape index (κ3) is 6.70. The van der Waals surface area contributed by atoms with Crippen molar-refractivity contribution in [1.82, 2.24) is 0 Å². The lowest BCUT2D eigenvalue weighted by atomic mass is 9.89. The highest BCUT2D eigenvalue weighted by Crippen LogP contribution is 2.24. The molecular weight excluding hydrogens is 212 g/mol. The van der Waals surface area contributed by atoms with Crippen molar-refractivity contribution >= 4 is 5.97 Å². The van der Waals surface area contributed by atoms with Crippen LogP contribution in [0.3, 0.4) is 0 Å². The van der Waals surface area contributed by atoms with E-state index < -0.39 is 0 Å². The van der Waals surface area contributed by atoms with Gasteiger partial charge >= 0.3 is 5.97 Å². The first-order valence-electron chi connectivity index (χ1n) is 7.51. The zero-order chi connectivity index (χ0) is 12.3. The van der Waals surface area contributed by atoms with Crippen molar-refractivity contribution in [3.8, 4) is 0 Å². The van der Waals surface area contributed by atoms with E-state index in [4.69, 9.17) is 4.74 Å². The van der Waals surface area contributed by atoms with Crippen LogP contribution in [0.2, 0.25) is 0 Å². The van der Waals surface area contributed by atoms with Gasteiger partial charge < -0.3 is 4.74 Å². The van der Waals surface area contributed by atoms with Crippen molar-refractivity contribution in [2.24, 2.45) is 5.92 Å². The molecule has 0 saturated heterocycles. The van der Waals surface area contributed by atoms with Gasteiger partial charge in [-0.25, -0.2) is 0 Å². The van der Waals surface area contributed by atoms with Gasteiger partial charge in [0.1, 0.15) is 0 Å². The molecule has 0 unspecified atom stereocenters. The van der Waals surface area contributed by atoms with Crippen molar-refractivity contribution in [2.45, 2.75) is 77.6 Å². The van der Waals surface area contributed by atoms with Crippen LogP contribution in [0.5, 0.6) is 0 Å². The van der Waals surface area contributed by atoms with Crippen molar-refractivity contribution in [3.63, 3.8) is 0 Å². The van der Waals surface area contributed by atoms with Crippen molar-refractivity contribution in [2.75, 3.05) is 6.61 Å². The average Bonchev–Trinajstić information content (AvgIpc) is 2.38. The van der Waals surface area contributed by atoms with Crippen molar-refractivity contribution in [1.29, 1.82) is 0 Å². The maximum atomic E-state index is 11.7. The highest BCUT2D eigenvalue weighted by atomic mass is 16.5. The molecule has 0 aromatic rings. The summed E-state index contributed by atoms with van der Waals surface area (Å²) < 4.78 is 5.35. The molecule has 1 aliphatic carbocycles. The molecule has 0 spiro atoms. The third-order valence-corrected chi connectivity index (χ3v) is 3.68. The molecule has 0 bridgehead atoms. The Bertz CT molecular complexity index is 195. The minimum atomic E-state index is 0.0678. The Kier molecular flexibility index (Phi) is 8.12. The quantitative estimate of drug-likeness (QED) is 0.462. The molecule has 0 aliphatic heterocycles. The second-order valence-electron chi connectivity index (χ2n) is 5.27. The fraction of sp³-hybridized carbons (Fsp3) is 0.933. The highest BCUT2D eigenvalue weighted by Gasteiger charge is 2.21. The second-order valence-corrected chi connectivity index (χ2v) is 5.27. The van der Waals surface area contributed by atoms with Gasteiger partial charge in [0.15, 0.2) is 0 Å². The molecule has 2 nitrogen and oxygen atoms in total. The number of carbonyl (C=O) groups is 1. The van der Waals surface area contributed by atoms with Crippen LogP contribution in [0.15, 0.2) is 0 Å². The maximum absolute atomic E-state index is 11.7. The first-order chi connectivity index (χ1) is 8.34. The summed E-state index contributed by atoms with van der Waals surface area (Å²) in [5, 5.41) is 0. The topological polar surface area (TPSA) is 26.3 Å². The third-order valence-electron chi connectivity index (χ3n) is 3.68. The molecule has 1 aliphatic rings. The van der Waals surface area contributed by atoms with Gasteiger partial charge in [-0.3, -0.25) is 4.79 Å². The van der Waals surface area contributed by atoms with Crippen LogP contribution in [0.25, 0.3) is 0 Å². The van der Waals surface area contributed by atoms with Gasteiger partial charge in [0.2, 0.25) is 0 Å². The summed E-state index contributed by atoms with van der Waals surface area (Å²) in [5.41, 5.74) is 0. The van der Waals surface area contributed by atoms with E-state index in [0.717, 1.165) is 19.3 Å². The summed E-state index contributed by atoms with van der Waals surface area (Å²) in [6, 6.07) is 0. The van der Waals surface area contributed by atoms with Crippen LogP contribution in [-0.4, -0.2) is 12.6 Å². The Balaban J connectivity index is 1.92. The molecule has 0 aromatic heterocycles. The fourth-order valence-corrected chi connectivity index (χ4v) is 2.51. The number of hydrogen-bond acceptors (Lipinski definition) is 2. The summed E-state index contributed by atoms with van der Waals surface area (Å²) >= 11 is 0. The van der Waals surface area contributed by atoms with Gasteiger partial charge in [-0.15, -0.1) is 0 Å². The van der Waals surface area contributed by atoms with E-state index in [1.165, 1.54) is 51.4 Å². The summed E-state index contributed by atoms with van der Waals surface area (Å²) in [6.07, 6.45) is 13.3. The highest BCUT2D eigenvalue weighted by molar-refractivity contribution is 5.72. The Morgan fingerprint density at radius 3 is 2.35 bits per heavy atom. The van der Waals surface area contributed by atoms with Gasteiger partial charge in [0.25, 0.3) is 0 Å². The molecule has 1 saturated carbocycles. The molecule has 1 fully saturated rings. The number of carbonyl (C=O) groups excluding carboxylic acids is 1. The summed E-state index contributed by atoms with van der Waals surface area (Å²) in [5.74, 6) is 0.280. The molecule has 0 atom stereocenters. The molecule has 2 heteroatoms. The lowest BCUT2D eigenvalue weighted by Crippen LogP contribution is -2.20. The second kappa shape index (κ2) is 9.49. The SMILES string of the molecule is CCCCCCCCOC(=O)C1CCCCC1. The van der Waals surface area contributed by atoms with E-state index in [1.54, 1.807) is 0 Å². The smallest absolute Gasteiger partial charge is 0.308 e. The Morgan fingerprint density at radius 1 is 1.00 bits per heavy atom. The van der Waals surface area contributed by atoms with Gasteiger partial charge in [-0.05, 0) is 19.3 Å². The van der Waals surface area contributed by atoms with Crippen LogP contribution in [0.1, 0.15) is 77.6 Å². The standard InChI is InChI=1S/C15H28O2/c1-2-3-4-5-6-10-13-17-15(16)14-11-8-7-9-12-14/h14H,2-13H2,1H3. The molecule has 0 heterocycles. The van der Waals surface area contributed by atoms with Crippen LogP contribution in [0.4, 0.5) is 0 Å². The van der Waals surface area contributed by atoms with Crippen LogP contribution in [0, 0.1) is 5.92 Å². The largest absolute Gasteiger partial charge is 0.465 e. The monoisotopic (exact) mass is 240 g/mol. The Morgan fingerprint density at radius 2 is 1.65 bits per heavy atom. The minimum absolute atomic E-state index is 0.0678. The molecular formula is C15H28O2. The summed E-state index contributed by atoms with van der Waals surface area (Å²) in [6.45, 7) is 2.87. The minimum Gasteiger partial charge on any atom is -0.465 e. The number of hydrogen-bond donors (Lipinski definition) is 0. The van der Waals surface area contributed by atoms with Gasteiger partial charge in [0.05, 0.1) is 12.5 Å². The molecule has 1 rings (SSSR count). The van der Waals surface area contributed by atoms with E-state index in [-0.39, 0.29) is 11.9 Å². The number of ether oxygens (including phenoxy) is 1. The molecule has 0 amide bonds. The predicted octanol–water partition coefficient (Wildman–Crippen LogP) is 4.47. The lowest BCUT2D eigenvalue weighted by molar-refractivity contribution is -0.149. The van der Waals surface area contributed by atoms with Crippen molar-refractivity contribution in [3.05, 3.63) is 0 Å². The summed E-state index contributed by atoms with van der Waals surface area (Å²) in [7, 11) is 0. The maximum Gasteiger partial charge on any atom is 0.308 e. The van der Waals surface area contributed by atoms with E-state index in [2.05, 4.69) is 6.92 Å². The van der Waals surface area contributed by atoms with Crippen LogP contribution >= 0.6 is 0 Å². The van der Waals surface area contributed by atoms with E-state index in [0.29, 0.717) is 6.61 Å². The molecule has 17 heavy (non-hydrogen) atoms. The first kappa shape index (κ1) is 14.5. The Labute approximate surface area is 106 Å².